The Morgan fingerprint density at radius 2 is 2.09 bits per heavy atom. The Hall–Kier alpha value is -1.26. The van der Waals surface area contributed by atoms with E-state index in [1.54, 1.807) is 7.11 Å². The van der Waals surface area contributed by atoms with E-state index in [1.807, 2.05) is 6.07 Å². The average Bonchev–Trinajstić information content (AvgIpc) is 2.93. The second kappa shape index (κ2) is 6.47. The van der Waals surface area contributed by atoms with E-state index in [1.165, 1.54) is 31.2 Å². The number of hydrogen-bond acceptors (Lipinski definition) is 4. The van der Waals surface area contributed by atoms with E-state index >= 15 is 0 Å². The maximum absolute atomic E-state index is 6.45. The van der Waals surface area contributed by atoms with Crippen molar-refractivity contribution in [2.24, 2.45) is 0 Å². The molecule has 1 aliphatic heterocycles. The molecule has 1 spiro atoms. The molecule has 4 nitrogen and oxygen atoms in total. The highest BCUT2D eigenvalue weighted by molar-refractivity contribution is 5.44. The molecular formula is C18H28N2O2. The maximum atomic E-state index is 6.45. The van der Waals surface area contributed by atoms with Crippen molar-refractivity contribution in [3.63, 3.8) is 0 Å². The Kier molecular flexibility index (Phi) is 4.59. The van der Waals surface area contributed by atoms with Crippen LogP contribution in [0.1, 0.15) is 43.7 Å². The van der Waals surface area contributed by atoms with Crippen molar-refractivity contribution in [2.45, 2.75) is 43.7 Å². The Bertz CT molecular complexity index is 510. The van der Waals surface area contributed by atoms with Crippen LogP contribution in [0.4, 0.5) is 0 Å². The lowest BCUT2D eigenvalue weighted by molar-refractivity contribution is 0.0363. The van der Waals surface area contributed by atoms with E-state index in [0.717, 1.165) is 31.0 Å². The highest BCUT2D eigenvalue weighted by Crippen LogP contribution is 2.47. The van der Waals surface area contributed by atoms with E-state index in [9.17, 15) is 0 Å². The minimum Gasteiger partial charge on any atom is -0.497 e. The number of rotatable bonds is 5. The van der Waals surface area contributed by atoms with Gasteiger partial charge in [0.15, 0.2) is 0 Å². The molecule has 0 radical (unpaired) electrons. The van der Waals surface area contributed by atoms with Gasteiger partial charge in [0.1, 0.15) is 17.1 Å². The fraction of sp³-hybridized carbons (Fsp3) is 0.667. The van der Waals surface area contributed by atoms with Crippen LogP contribution in [0.15, 0.2) is 18.2 Å². The first-order valence-corrected chi connectivity index (χ1v) is 8.37. The van der Waals surface area contributed by atoms with Crippen LogP contribution >= 0.6 is 0 Å². The second-order valence-corrected chi connectivity index (χ2v) is 6.91. The summed E-state index contributed by atoms with van der Waals surface area (Å²) in [4.78, 5) is 2.21. The Morgan fingerprint density at radius 1 is 1.32 bits per heavy atom. The fourth-order valence-corrected chi connectivity index (χ4v) is 3.74. The normalized spacial score (nSPS) is 22.6. The van der Waals surface area contributed by atoms with Gasteiger partial charge < -0.3 is 19.7 Å². The zero-order valence-corrected chi connectivity index (χ0v) is 14.0. The number of fused-ring (bicyclic) bond motifs is 1. The zero-order valence-electron chi connectivity index (χ0n) is 14.0. The van der Waals surface area contributed by atoms with Gasteiger partial charge in [-0.3, -0.25) is 0 Å². The maximum Gasteiger partial charge on any atom is 0.128 e. The lowest BCUT2D eigenvalue weighted by atomic mass is 9.86. The standard InChI is InChI=1S/C18H28N2O2/c1-20(2)11-10-19-16-13-18(8-4-5-9-18)22-17-12-14(21-3)6-7-15(16)17/h6-7,12,16,19H,4-5,8-11,13H2,1-3H3. The lowest BCUT2D eigenvalue weighted by Crippen LogP contribution is -2.43. The molecule has 1 fully saturated rings. The molecule has 1 aromatic rings. The number of hydrogen-bond donors (Lipinski definition) is 1. The van der Waals surface area contributed by atoms with Crippen LogP contribution < -0.4 is 14.8 Å². The van der Waals surface area contributed by atoms with Crippen LogP contribution in [0.3, 0.4) is 0 Å². The van der Waals surface area contributed by atoms with Gasteiger partial charge >= 0.3 is 0 Å². The first kappa shape index (κ1) is 15.6. The molecule has 2 aliphatic rings. The summed E-state index contributed by atoms with van der Waals surface area (Å²) in [6.07, 6.45) is 6.00. The van der Waals surface area contributed by atoms with Crippen LogP contribution in [0.2, 0.25) is 0 Å². The summed E-state index contributed by atoms with van der Waals surface area (Å²) in [7, 11) is 5.94. The summed E-state index contributed by atoms with van der Waals surface area (Å²) in [5.41, 5.74) is 1.31. The summed E-state index contributed by atoms with van der Waals surface area (Å²) in [6, 6.07) is 6.63. The molecule has 0 amide bonds. The molecule has 122 valence electrons. The molecule has 1 aromatic carbocycles. The van der Waals surface area contributed by atoms with Crippen LogP contribution in [-0.2, 0) is 0 Å². The quantitative estimate of drug-likeness (QED) is 0.907. The summed E-state index contributed by atoms with van der Waals surface area (Å²) < 4.78 is 11.8. The van der Waals surface area contributed by atoms with E-state index in [2.05, 4.69) is 36.4 Å². The van der Waals surface area contributed by atoms with Gasteiger partial charge in [-0.1, -0.05) is 6.07 Å². The van der Waals surface area contributed by atoms with Crippen LogP contribution in [0.25, 0.3) is 0 Å². The van der Waals surface area contributed by atoms with Crippen molar-refractivity contribution in [3.05, 3.63) is 23.8 Å². The zero-order chi connectivity index (χ0) is 15.6. The number of nitrogens with zero attached hydrogens (tertiary/aromatic N) is 1. The van der Waals surface area contributed by atoms with Gasteiger partial charge in [-0.15, -0.1) is 0 Å². The molecule has 0 aromatic heterocycles. The van der Waals surface area contributed by atoms with Crippen LogP contribution in [-0.4, -0.2) is 44.8 Å². The van der Waals surface area contributed by atoms with Gasteiger partial charge in [-0.05, 0) is 45.8 Å². The van der Waals surface area contributed by atoms with Crippen molar-refractivity contribution >= 4 is 0 Å². The number of methoxy groups -OCH3 is 1. The first-order chi connectivity index (χ1) is 10.6. The molecule has 1 N–H and O–H groups in total. The topological polar surface area (TPSA) is 33.7 Å². The molecule has 0 saturated heterocycles. The highest BCUT2D eigenvalue weighted by atomic mass is 16.5. The number of benzene rings is 1. The monoisotopic (exact) mass is 304 g/mol. The minimum absolute atomic E-state index is 0.0369. The number of likely N-dealkylation sites (N-methyl/N-ethyl adjacent to an activating group) is 1. The van der Waals surface area contributed by atoms with Crippen molar-refractivity contribution in [2.75, 3.05) is 34.3 Å². The SMILES string of the molecule is COc1ccc2c(c1)OC1(CCCC1)CC2NCCN(C)C. The first-order valence-electron chi connectivity index (χ1n) is 8.37. The molecule has 22 heavy (non-hydrogen) atoms. The number of ether oxygens (including phenoxy) is 2. The van der Waals surface area contributed by atoms with Gasteiger partial charge in [0, 0.05) is 37.2 Å². The Labute approximate surface area is 133 Å². The average molecular weight is 304 g/mol. The van der Waals surface area contributed by atoms with Gasteiger partial charge in [-0.2, -0.15) is 0 Å². The van der Waals surface area contributed by atoms with Gasteiger partial charge in [0.2, 0.25) is 0 Å². The van der Waals surface area contributed by atoms with Crippen molar-refractivity contribution in [3.8, 4) is 11.5 Å². The third-order valence-corrected chi connectivity index (χ3v) is 4.96. The van der Waals surface area contributed by atoms with E-state index in [0.29, 0.717) is 6.04 Å². The number of nitrogens with one attached hydrogen (secondary N) is 1. The molecule has 4 heteroatoms. The molecule has 1 saturated carbocycles. The fourth-order valence-electron chi connectivity index (χ4n) is 3.74. The summed E-state index contributed by atoms with van der Waals surface area (Å²) in [5, 5.41) is 3.74. The van der Waals surface area contributed by atoms with Gasteiger partial charge in [0.25, 0.3) is 0 Å². The summed E-state index contributed by atoms with van der Waals surface area (Å²) >= 11 is 0. The highest BCUT2D eigenvalue weighted by Gasteiger charge is 2.43. The molecule has 1 heterocycles. The predicted molar refractivity (Wildman–Crippen MR) is 88.7 cm³/mol. The summed E-state index contributed by atoms with van der Waals surface area (Å²) in [5.74, 6) is 1.88. The van der Waals surface area contributed by atoms with Crippen molar-refractivity contribution < 1.29 is 9.47 Å². The summed E-state index contributed by atoms with van der Waals surface area (Å²) in [6.45, 7) is 2.05. The van der Waals surface area contributed by atoms with Crippen LogP contribution in [0.5, 0.6) is 11.5 Å². The Balaban J connectivity index is 1.82. The molecule has 3 rings (SSSR count). The Morgan fingerprint density at radius 3 is 2.77 bits per heavy atom. The molecule has 1 unspecified atom stereocenters. The van der Waals surface area contributed by atoms with E-state index in [4.69, 9.17) is 9.47 Å². The van der Waals surface area contributed by atoms with E-state index < -0.39 is 0 Å². The largest absolute Gasteiger partial charge is 0.497 e. The van der Waals surface area contributed by atoms with Crippen molar-refractivity contribution in [1.82, 2.24) is 10.2 Å². The molecule has 1 aliphatic carbocycles. The minimum atomic E-state index is 0.0369. The third-order valence-electron chi connectivity index (χ3n) is 4.96. The van der Waals surface area contributed by atoms with Gasteiger partial charge in [0.05, 0.1) is 7.11 Å². The predicted octanol–water partition coefficient (Wildman–Crippen LogP) is 2.98. The third kappa shape index (κ3) is 3.23. The molecular weight excluding hydrogens is 276 g/mol. The second-order valence-electron chi connectivity index (χ2n) is 6.91. The van der Waals surface area contributed by atoms with Gasteiger partial charge in [-0.25, -0.2) is 0 Å². The van der Waals surface area contributed by atoms with Crippen LogP contribution in [0, 0.1) is 0 Å². The van der Waals surface area contributed by atoms with E-state index in [-0.39, 0.29) is 5.60 Å². The lowest BCUT2D eigenvalue weighted by Gasteiger charge is -2.40. The molecule has 0 bridgehead atoms. The smallest absolute Gasteiger partial charge is 0.128 e. The van der Waals surface area contributed by atoms with Crippen molar-refractivity contribution in [1.29, 1.82) is 0 Å². The molecule has 1 atom stereocenters.